The van der Waals surface area contributed by atoms with Gasteiger partial charge >= 0.3 is 0 Å². The Balaban J connectivity index is 1.98. The Morgan fingerprint density at radius 1 is 1.35 bits per heavy atom. The predicted octanol–water partition coefficient (Wildman–Crippen LogP) is 2.69. The van der Waals surface area contributed by atoms with Crippen LogP contribution in [0.15, 0.2) is 42.7 Å². The van der Waals surface area contributed by atoms with Gasteiger partial charge in [0.25, 0.3) is 0 Å². The molecule has 0 radical (unpaired) electrons. The lowest BCUT2D eigenvalue weighted by Gasteiger charge is -2.36. The molecule has 3 nitrogen and oxygen atoms in total. The molecule has 1 aliphatic heterocycles. The highest BCUT2D eigenvalue weighted by Crippen LogP contribution is 2.28. The average Bonchev–Trinajstić information content (AvgIpc) is 2.49. The largest absolute Gasteiger partial charge is 0.366 e. The minimum atomic E-state index is -0.204. The zero-order chi connectivity index (χ0) is 13.9. The molecule has 1 aromatic heterocycles. The molecule has 0 saturated carbocycles. The number of rotatable bonds is 2. The van der Waals surface area contributed by atoms with Crippen molar-refractivity contribution in [1.82, 2.24) is 10.3 Å². The van der Waals surface area contributed by atoms with Crippen LogP contribution in [-0.4, -0.2) is 30.7 Å². The van der Waals surface area contributed by atoms with E-state index in [0.29, 0.717) is 11.6 Å². The molecule has 3 rings (SSSR count). The number of halogens is 1. The highest BCUT2D eigenvalue weighted by molar-refractivity contribution is 5.68. The monoisotopic (exact) mass is 271 g/mol. The van der Waals surface area contributed by atoms with E-state index in [4.69, 9.17) is 0 Å². The average molecular weight is 271 g/mol. The van der Waals surface area contributed by atoms with E-state index in [9.17, 15) is 4.39 Å². The third kappa shape index (κ3) is 2.51. The van der Waals surface area contributed by atoms with Crippen LogP contribution >= 0.6 is 0 Å². The van der Waals surface area contributed by atoms with E-state index in [2.05, 4.69) is 22.1 Å². The Hall–Kier alpha value is -1.94. The molecule has 0 bridgehead atoms. The Labute approximate surface area is 118 Å². The molecule has 20 heavy (non-hydrogen) atoms. The summed E-state index contributed by atoms with van der Waals surface area (Å²) in [6, 6.07) is 9.46. The lowest BCUT2D eigenvalue weighted by Crippen LogP contribution is -2.49. The van der Waals surface area contributed by atoms with Crippen molar-refractivity contribution in [3.63, 3.8) is 0 Å². The molecule has 1 aliphatic rings. The molecule has 0 spiro atoms. The van der Waals surface area contributed by atoms with Crippen LogP contribution in [0, 0.1) is 5.82 Å². The van der Waals surface area contributed by atoms with Crippen LogP contribution in [0.3, 0.4) is 0 Å². The third-order valence-electron chi connectivity index (χ3n) is 3.76. The summed E-state index contributed by atoms with van der Waals surface area (Å²) in [7, 11) is 0. The highest BCUT2D eigenvalue weighted by atomic mass is 19.1. The molecule has 1 fully saturated rings. The first-order chi connectivity index (χ1) is 9.75. The fourth-order valence-corrected chi connectivity index (χ4v) is 2.66. The lowest BCUT2D eigenvalue weighted by molar-refractivity contribution is 0.500. The van der Waals surface area contributed by atoms with Crippen LogP contribution in [0.4, 0.5) is 10.1 Å². The molecular formula is C16H18FN3. The summed E-state index contributed by atoms with van der Waals surface area (Å²) < 4.78 is 14.1. The van der Waals surface area contributed by atoms with Crippen molar-refractivity contribution in [2.24, 2.45) is 0 Å². The van der Waals surface area contributed by atoms with Gasteiger partial charge in [-0.3, -0.25) is 4.98 Å². The number of pyridine rings is 1. The van der Waals surface area contributed by atoms with Crippen molar-refractivity contribution >= 4 is 5.69 Å². The number of aromatic nitrogens is 1. The van der Waals surface area contributed by atoms with Crippen LogP contribution in [0.5, 0.6) is 0 Å². The van der Waals surface area contributed by atoms with E-state index >= 15 is 0 Å². The summed E-state index contributed by atoms with van der Waals surface area (Å²) in [5.41, 5.74) is 2.50. The Kier molecular flexibility index (Phi) is 3.65. The van der Waals surface area contributed by atoms with Crippen molar-refractivity contribution in [2.75, 3.05) is 24.5 Å². The minimum Gasteiger partial charge on any atom is -0.366 e. The van der Waals surface area contributed by atoms with E-state index < -0.39 is 0 Å². The first-order valence-corrected chi connectivity index (χ1v) is 6.93. The summed E-state index contributed by atoms with van der Waals surface area (Å²) in [5.74, 6) is -0.204. The van der Waals surface area contributed by atoms with Crippen LogP contribution in [-0.2, 0) is 0 Å². The molecule has 2 heterocycles. The normalized spacial score (nSPS) is 19.1. The number of benzene rings is 1. The van der Waals surface area contributed by atoms with E-state index in [1.165, 1.54) is 0 Å². The van der Waals surface area contributed by atoms with Crippen molar-refractivity contribution in [1.29, 1.82) is 0 Å². The van der Waals surface area contributed by atoms with Gasteiger partial charge in [0, 0.05) is 54.9 Å². The molecule has 1 saturated heterocycles. The van der Waals surface area contributed by atoms with Gasteiger partial charge in [-0.25, -0.2) is 4.39 Å². The van der Waals surface area contributed by atoms with Crippen LogP contribution < -0.4 is 10.2 Å². The van der Waals surface area contributed by atoms with Gasteiger partial charge in [0.2, 0.25) is 0 Å². The van der Waals surface area contributed by atoms with Crippen LogP contribution in [0.2, 0.25) is 0 Å². The van der Waals surface area contributed by atoms with E-state index in [-0.39, 0.29) is 5.82 Å². The van der Waals surface area contributed by atoms with Gasteiger partial charge < -0.3 is 10.2 Å². The molecule has 104 valence electrons. The van der Waals surface area contributed by atoms with Crippen molar-refractivity contribution in [3.05, 3.63) is 48.5 Å². The van der Waals surface area contributed by atoms with Gasteiger partial charge in [0.05, 0.1) is 0 Å². The SMILES string of the molecule is C[C@@H]1CNCCN1c1ccc(F)c(-c2cccnc2)c1. The molecule has 1 atom stereocenters. The zero-order valence-corrected chi connectivity index (χ0v) is 11.5. The van der Waals surface area contributed by atoms with Gasteiger partial charge in [-0.05, 0) is 31.2 Å². The van der Waals surface area contributed by atoms with Crippen LogP contribution in [0.1, 0.15) is 6.92 Å². The van der Waals surface area contributed by atoms with Gasteiger partial charge in [-0.2, -0.15) is 0 Å². The summed E-state index contributed by atoms with van der Waals surface area (Å²) in [4.78, 5) is 6.38. The summed E-state index contributed by atoms with van der Waals surface area (Å²) in [5, 5.41) is 3.37. The summed E-state index contributed by atoms with van der Waals surface area (Å²) in [6.07, 6.45) is 3.40. The lowest BCUT2D eigenvalue weighted by atomic mass is 10.0. The molecule has 0 unspecified atom stereocenters. The van der Waals surface area contributed by atoms with E-state index in [0.717, 1.165) is 30.9 Å². The molecular weight excluding hydrogens is 253 g/mol. The highest BCUT2D eigenvalue weighted by Gasteiger charge is 2.19. The molecule has 1 N–H and O–H groups in total. The number of nitrogens with one attached hydrogen (secondary N) is 1. The second-order valence-corrected chi connectivity index (χ2v) is 5.15. The fraction of sp³-hybridized carbons (Fsp3) is 0.312. The summed E-state index contributed by atoms with van der Waals surface area (Å²) >= 11 is 0. The van der Waals surface area contributed by atoms with E-state index in [1.54, 1.807) is 18.5 Å². The van der Waals surface area contributed by atoms with Gasteiger partial charge in [0.1, 0.15) is 5.82 Å². The number of hydrogen-bond donors (Lipinski definition) is 1. The third-order valence-corrected chi connectivity index (χ3v) is 3.76. The molecule has 0 aliphatic carbocycles. The minimum absolute atomic E-state index is 0.204. The number of nitrogens with zero attached hydrogens (tertiary/aromatic N) is 2. The molecule has 1 aromatic carbocycles. The van der Waals surface area contributed by atoms with Gasteiger partial charge in [-0.15, -0.1) is 0 Å². The molecule has 2 aromatic rings. The maximum absolute atomic E-state index is 14.1. The van der Waals surface area contributed by atoms with Gasteiger partial charge in [-0.1, -0.05) is 6.07 Å². The number of hydrogen-bond acceptors (Lipinski definition) is 3. The number of anilines is 1. The Morgan fingerprint density at radius 2 is 2.25 bits per heavy atom. The number of piperazine rings is 1. The standard InChI is InChI=1S/C16H18FN3/c1-12-10-19-7-8-20(12)14-4-5-16(17)15(9-14)13-3-2-6-18-11-13/h2-6,9,11-12,19H,7-8,10H2,1H3/t12-/m1/s1. The maximum Gasteiger partial charge on any atom is 0.131 e. The second kappa shape index (κ2) is 5.59. The molecule has 4 heteroatoms. The van der Waals surface area contributed by atoms with Gasteiger partial charge in [0.15, 0.2) is 0 Å². The maximum atomic E-state index is 14.1. The van der Waals surface area contributed by atoms with Crippen molar-refractivity contribution in [2.45, 2.75) is 13.0 Å². The quantitative estimate of drug-likeness (QED) is 0.910. The smallest absolute Gasteiger partial charge is 0.131 e. The molecule has 0 amide bonds. The fourth-order valence-electron chi connectivity index (χ4n) is 2.66. The van der Waals surface area contributed by atoms with E-state index in [1.807, 2.05) is 24.3 Å². The Bertz CT molecular complexity index is 586. The topological polar surface area (TPSA) is 28.2 Å². The first kappa shape index (κ1) is 13.1. The zero-order valence-electron chi connectivity index (χ0n) is 11.5. The van der Waals surface area contributed by atoms with Crippen molar-refractivity contribution < 1.29 is 4.39 Å². The van der Waals surface area contributed by atoms with Crippen LogP contribution in [0.25, 0.3) is 11.1 Å². The first-order valence-electron chi connectivity index (χ1n) is 6.93. The summed E-state index contributed by atoms with van der Waals surface area (Å²) in [6.45, 7) is 5.04. The predicted molar refractivity (Wildman–Crippen MR) is 79.3 cm³/mol. The second-order valence-electron chi connectivity index (χ2n) is 5.15. The van der Waals surface area contributed by atoms with Crippen molar-refractivity contribution in [3.8, 4) is 11.1 Å². The Morgan fingerprint density at radius 3 is 3.00 bits per heavy atom.